The van der Waals surface area contributed by atoms with Crippen LogP contribution in [0.25, 0.3) is 0 Å². The standard InChI is InChI=1S/C9H13FN2O2/c1-5(2)12-8(13)7-3-6(10)4-11(7)9(12)14/h5-7H,3-4H2,1-2H3. The van der Waals surface area contributed by atoms with E-state index in [2.05, 4.69) is 0 Å². The lowest BCUT2D eigenvalue weighted by atomic mass is 10.2. The Labute approximate surface area is 81.7 Å². The lowest BCUT2D eigenvalue weighted by Gasteiger charge is -2.19. The molecule has 2 rings (SSSR count). The number of nitrogens with zero attached hydrogens (tertiary/aromatic N) is 2. The number of rotatable bonds is 1. The Bertz CT molecular complexity index is 269. The van der Waals surface area contributed by atoms with Crippen molar-refractivity contribution in [1.29, 1.82) is 0 Å². The summed E-state index contributed by atoms with van der Waals surface area (Å²) in [5, 5.41) is 0. The van der Waals surface area contributed by atoms with E-state index in [1.807, 2.05) is 0 Å². The van der Waals surface area contributed by atoms with Gasteiger partial charge in [0.1, 0.15) is 12.2 Å². The molecular weight excluding hydrogens is 187 g/mol. The first kappa shape index (κ1) is 9.43. The molecule has 2 aliphatic rings. The molecule has 0 saturated carbocycles. The highest BCUT2D eigenvalue weighted by Gasteiger charge is 2.51. The number of hydrogen-bond acceptors (Lipinski definition) is 2. The third-order valence-corrected chi connectivity index (χ3v) is 2.74. The van der Waals surface area contributed by atoms with Crippen LogP contribution in [0.5, 0.6) is 0 Å². The predicted molar refractivity (Wildman–Crippen MR) is 47.4 cm³/mol. The van der Waals surface area contributed by atoms with Gasteiger partial charge in [0.25, 0.3) is 5.91 Å². The summed E-state index contributed by atoms with van der Waals surface area (Å²) < 4.78 is 13.0. The van der Waals surface area contributed by atoms with Crippen LogP contribution in [-0.2, 0) is 4.79 Å². The van der Waals surface area contributed by atoms with Gasteiger partial charge in [-0.3, -0.25) is 9.69 Å². The van der Waals surface area contributed by atoms with E-state index in [9.17, 15) is 14.0 Å². The van der Waals surface area contributed by atoms with Crippen molar-refractivity contribution in [3.63, 3.8) is 0 Å². The summed E-state index contributed by atoms with van der Waals surface area (Å²) in [6, 6.07) is -1.02. The van der Waals surface area contributed by atoms with Gasteiger partial charge in [-0.2, -0.15) is 0 Å². The molecule has 2 fully saturated rings. The van der Waals surface area contributed by atoms with E-state index in [1.54, 1.807) is 13.8 Å². The Balaban J connectivity index is 2.24. The summed E-state index contributed by atoms with van der Waals surface area (Å²) in [4.78, 5) is 25.9. The molecule has 0 aliphatic carbocycles. The van der Waals surface area contributed by atoms with Crippen molar-refractivity contribution in [3.05, 3.63) is 0 Å². The van der Waals surface area contributed by atoms with Crippen LogP contribution < -0.4 is 0 Å². The zero-order valence-corrected chi connectivity index (χ0v) is 8.24. The van der Waals surface area contributed by atoms with Gasteiger partial charge in [0.2, 0.25) is 0 Å². The lowest BCUT2D eigenvalue weighted by Crippen LogP contribution is -2.39. The minimum atomic E-state index is -1.04. The monoisotopic (exact) mass is 200 g/mol. The first-order chi connectivity index (χ1) is 6.52. The maximum atomic E-state index is 13.0. The van der Waals surface area contributed by atoms with E-state index < -0.39 is 12.2 Å². The second kappa shape index (κ2) is 2.93. The molecule has 2 heterocycles. The van der Waals surface area contributed by atoms with Crippen LogP contribution in [0.3, 0.4) is 0 Å². The fourth-order valence-corrected chi connectivity index (χ4v) is 2.10. The minimum absolute atomic E-state index is 0.0679. The van der Waals surface area contributed by atoms with Gasteiger partial charge in [-0.1, -0.05) is 0 Å². The number of urea groups is 1. The first-order valence-electron chi connectivity index (χ1n) is 4.80. The largest absolute Gasteiger partial charge is 0.327 e. The highest BCUT2D eigenvalue weighted by atomic mass is 19.1. The van der Waals surface area contributed by atoms with Crippen molar-refractivity contribution in [2.45, 2.75) is 38.5 Å². The van der Waals surface area contributed by atoms with E-state index >= 15 is 0 Å². The summed E-state index contributed by atoms with van der Waals surface area (Å²) in [5.74, 6) is -0.245. The summed E-state index contributed by atoms with van der Waals surface area (Å²) in [5.41, 5.74) is 0. The molecule has 2 aliphatic heterocycles. The van der Waals surface area contributed by atoms with Crippen molar-refractivity contribution >= 4 is 11.9 Å². The molecule has 0 aromatic rings. The van der Waals surface area contributed by atoms with Gasteiger partial charge in [0, 0.05) is 12.5 Å². The van der Waals surface area contributed by atoms with Crippen LogP contribution in [0.2, 0.25) is 0 Å². The number of carbonyl (C=O) groups is 2. The molecule has 0 bridgehead atoms. The van der Waals surface area contributed by atoms with Gasteiger partial charge in [-0.05, 0) is 13.8 Å². The molecule has 2 atom stereocenters. The van der Waals surface area contributed by atoms with Gasteiger partial charge in [0.05, 0.1) is 6.54 Å². The fourth-order valence-electron chi connectivity index (χ4n) is 2.10. The first-order valence-corrected chi connectivity index (χ1v) is 4.80. The van der Waals surface area contributed by atoms with Gasteiger partial charge >= 0.3 is 6.03 Å². The molecular formula is C9H13FN2O2. The number of imide groups is 1. The topological polar surface area (TPSA) is 40.6 Å². The molecule has 0 aromatic carbocycles. The average molecular weight is 200 g/mol. The summed E-state index contributed by atoms with van der Waals surface area (Å²) in [7, 11) is 0. The molecule has 3 amide bonds. The highest BCUT2D eigenvalue weighted by Crippen LogP contribution is 2.30. The zero-order chi connectivity index (χ0) is 10.5. The molecule has 2 unspecified atom stereocenters. The van der Waals surface area contributed by atoms with Gasteiger partial charge in [0.15, 0.2) is 0 Å². The normalized spacial score (nSPS) is 32.0. The number of carbonyl (C=O) groups excluding carboxylic acids is 2. The van der Waals surface area contributed by atoms with Crippen LogP contribution in [0.15, 0.2) is 0 Å². The van der Waals surface area contributed by atoms with Gasteiger partial charge < -0.3 is 4.90 Å². The number of fused-ring (bicyclic) bond motifs is 1. The summed E-state index contributed by atoms with van der Waals surface area (Å²) in [6.07, 6.45) is -0.879. The van der Waals surface area contributed by atoms with E-state index in [4.69, 9.17) is 0 Å². The molecule has 0 aromatic heterocycles. The Kier molecular flexibility index (Phi) is 1.97. The SMILES string of the molecule is CC(C)N1C(=O)C2CC(F)CN2C1=O. The van der Waals surface area contributed by atoms with Crippen molar-refractivity contribution in [2.75, 3.05) is 6.54 Å². The molecule has 4 nitrogen and oxygen atoms in total. The lowest BCUT2D eigenvalue weighted by molar-refractivity contribution is -0.129. The second-order valence-corrected chi connectivity index (χ2v) is 4.09. The van der Waals surface area contributed by atoms with Crippen LogP contribution >= 0.6 is 0 Å². The van der Waals surface area contributed by atoms with Crippen molar-refractivity contribution in [3.8, 4) is 0 Å². The molecule has 0 N–H and O–H groups in total. The van der Waals surface area contributed by atoms with Crippen LogP contribution in [0.4, 0.5) is 9.18 Å². The third-order valence-electron chi connectivity index (χ3n) is 2.74. The minimum Gasteiger partial charge on any atom is -0.309 e. The molecule has 14 heavy (non-hydrogen) atoms. The summed E-state index contributed by atoms with van der Waals surface area (Å²) in [6.45, 7) is 3.63. The second-order valence-electron chi connectivity index (χ2n) is 4.09. The third kappa shape index (κ3) is 1.11. The molecule has 5 heteroatoms. The van der Waals surface area contributed by atoms with Crippen molar-refractivity contribution < 1.29 is 14.0 Å². The van der Waals surface area contributed by atoms with Gasteiger partial charge in [-0.25, -0.2) is 9.18 Å². The van der Waals surface area contributed by atoms with Crippen molar-refractivity contribution in [2.24, 2.45) is 0 Å². The Hall–Kier alpha value is -1.13. The maximum Gasteiger partial charge on any atom is 0.327 e. The molecule has 2 saturated heterocycles. The Morgan fingerprint density at radius 2 is 2.07 bits per heavy atom. The van der Waals surface area contributed by atoms with E-state index in [1.165, 1.54) is 9.80 Å². The van der Waals surface area contributed by atoms with E-state index in [-0.39, 0.29) is 30.9 Å². The number of alkyl halides is 1. The summed E-state index contributed by atoms with van der Waals surface area (Å²) >= 11 is 0. The van der Waals surface area contributed by atoms with E-state index in [0.717, 1.165) is 0 Å². The Morgan fingerprint density at radius 1 is 1.43 bits per heavy atom. The van der Waals surface area contributed by atoms with E-state index in [0.29, 0.717) is 0 Å². The van der Waals surface area contributed by atoms with Crippen LogP contribution in [0.1, 0.15) is 20.3 Å². The van der Waals surface area contributed by atoms with Gasteiger partial charge in [-0.15, -0.1) is 0 Å². The number of hydrogen-bond donors (Lipinski definition) is 0. The molecule has 78 valence electrons. The molecule has 0 spiro atoms. The average Bonchev–Trinajstić information content (AvgIpc) is 2.54. The zero-order valence-electron chi connectivity index (χ0n) is 8.24. The molecule has 0 radical (unpaired) electrons. The van der Waals surface area contributed by atoms with Crippen LogP contribution in [-0.4, -0.2) is 46.5 Å². The Morgan fingerprint density at radius 3 is 2.57 bits per heavy atom. The number of amides is 3. The van der Waals surface area contributed by atoms with Crippen molar-refractivity contribution in [1.82, 2.24) is 9.80 Å². The predicted octanol–water partition coefficient (Wildman–Crippen LogP) is 0.769. The number of halogens is 1. The van der Waals surface area contributed by atoms with Crippen LogP contribution in [0, 0.1) is 0 Å². The quantitative estimate of drug-likeness (QED) is 0.586. The fraction of sp³-hybridized carbons (Fsp3) is 0.778. The smallest absolute Gasteiger partial charge is 0.309 e. The maximum absolute atomic E-state index is 13.0. The highest BCUT2D eigenvalue weighted by molar-refractivity contribution is 6.04.